The van der Waals surface area contributed by atoms with E-state index in [9.17, 15) is 9.90 Å². The highest BCUT2D eigenvalue weighted by Crippen LogP contribution is 2.37. The number of halogens is 1. The van der Waals surface area contributed by atoms with Crippen molar-refractivity contribution in [3.05, 3.63) is 22.2 Å². The van der Waals surface area contributed by atoms with Crippen LogP contribution in [0.1, 0.15) is 24.5 Å². The van der Waals surface area contributed by atoms with E-state index >= 15 is 0 Å². The summed E-state index contributed by atoms with van der Waals surface area (Å²) in [4.78, 5) is 10.5. The number of aliphatic hydroxyl groups is 1. The number of hydrogen-bond donors (Lipinski definition) is 2. The second-order valence-corrected chi connectivity index (χ2v) is 4.53. The Morgan fingerprint density at radius 2 is 1.89 bits per heavy atom. The Hall–Kier alpha value is -1.27. The minimum absolute atomic E-state index is 0.0953. The number of hydrogen-bond acceptors (Lipinski definition) is 4. The number of aliphatic hydroxyl groups excluding tert-OH is 1. The van der Waals surface area contributed by atoms with E-state index in [2.05, 4.69) is 15.9 Å². The predicted molar refractivity (Wildman–Crippen MR) is 69.1 cm³/mol. The molecule has 1 atom stereocenters. The number of carboxylic acids is 1. The van der Waals surface area contributed by atoms with E-state index < -0.39 is 12.1 Å². The zero-order valence-electron chi connectivity index (χ0n) is 10.1. The summed E-state index contributed by atoms with van der Waals surface area (Å²) >= 11 is 3.32. The molecule has 0 bridgehead atoms. The first-order chi connectivity index (χ1) is 8.49. The van der Waals surface area contributed by atoms with E-state index in [4.69, 9.17) is 14.6 Å². The maximum absolute atomic E-state index is 10.5. The minimum atomic E-state index is -0.939. The molecule has 0 aliphatic heterocycles. The van der Waals surface area contributed by atoms with E-state index in [1.54, 1.807) is 12.1 Å². The van der Waals surface area contributed by atoms with E-state index in [1.165, 1.54) is 14.2 Å². The summed E-state index contributed by atoms with van der Waals surface area (Å²) in [6, 6.07) is 3.31. The summed E-state index contributed by atoms with van der Waals surface area (Å²) < 4.78 is 10.9. The van der Waals surface area contributed by atoms with Crippen LogP contribution >= 0.6 is 15.9 Å². The molecular formula is C12H15BrO5. The van der Waals surface area contributed by atoms with Crippen LogP contribution in [0, 0.1) is 0 Å². The fourth-order valence-electron chi connectivity index (χ4n) is 1.54. The Labute approximate surface area is 113 Å². The van der Waals surface area contributed by atoms with E-state index in [0.29, 0.717) is 21.5 Å². The Kier molecular flexibility index (Phi) is 5.43. The van der Waals surface area contributed by atoms with Gasteiger partial charge in [-0.15, -0.1) is 0 Å². The molecule has 18 heavy (non-hydrogen) atoms. The molecular weight excluding hydrogens is 304 g/mol. The van der Waals surface area contributed by atoms with Crippen molar-refractivity contribution in [2.45, 2.75) is 18.9 Å². The van der Waals surface area contributed by atoms with Crippen molar-refractivity contribution >= 4 is 21.9 Å². The third-order valence-electron chi connectivity index (χ3n) is 2.49. The van der Waals surface area contributed by atoms with Gasteiger partial charge in [0, 0.05) is 10.9 Å². The van der Waals surface area contributed by atoms with Gasteiger partial charge in [-0.3, -0.25) is 4.79 Å². The molecule has 1 aromatic rings. The third-order valence-corrected chi connectivity index (χ3v) is 3.18. The predicted octanol–water partition coefficient (Wildman–Crippen LogP) is 2.36. The Morgan fingerprint density at radius 1 is 1.33 bits per heavy atom. The molecule has 0 aromatic heterocycles. The zero-order chi connectivity index (χ0) is 13.7. The maximum Gasteiger partial charge on any atom is 0.303 e. The van der Waals surface area contributed by atoms with Crippen molar-refractivity contribution in [2.24, 2.45) is 0 Å². The largest absolute Gasteiger partial charge is 0.493 e. The Bertz CT molecular complexity index is 433. The molecule has 0 aliphatic carbocycles. The summed E-state index contributed by atoms with van der Waals surface area (Å²) in [6.07, 6.45) is -0.818. The van der Waals surface area contributed by atoms with Crippen LogP contribution in [0.3, 0.4) is 0 Å². The summed E-state index contributed by atoms with van der Waals surface area (Å²) in [5.41, 5.74) is 0.578. The van der Waals surface area contributed by atoms with Gasteiger partial charge in [0.15, 0.2) is 11.5 Å². The van der Waals surface area contributed by atoms with E-state index in [1.807, 2.05) is 0 Å². The van der Waals surface area contributed by atoms with Gasteiger partial charge in [0.1, 0.15) is 0 Å². The van der Waals surface area contributed by atoms with Crippen molar-refractivity contribution in [3.63, 3.8) is 0 Å². The van der Waals surface area contributed by atoms with Crippen LogP contribution in [0.4, 0.5) is 0 Å². The second-order valence-electron chi connectivity index (χ2n) is 3.68. The molecule has 0 unspecified atom stereocenters. The van der Waals surface area contributed by atoms with Crippen molar-refractivity contribution in [1.82, 2.24) is 0 Å². The van der Waals surface area contributed by atoms with Crippen molar-refractivity contribution in [1.29, 1.82) is 0 Å². The molecule has 5 nitrogen and oxygen atoms in total. The standard InChI is InChI=1S/C12H15BrO5/c1-17-10-5-7(8(13)6-11(10)18-2)9(14)3-4-12(15)16/h5-6,9,14H,3-4H2,1-2H3,(H,15,16)/t9-/m1/s1. The monoisotopic (exact) mass is 318 g/mol. The number of ether oxygens (including phenoxy) is 2. The molecule has 1 rings (SSSR count). The highest BCUT2D eigenvalue weighted by atomic mass is 79.9. The summed E-state index contributed by atoms with van der Waals surface area (Å²) in [7, 11) is 3.02. The lowest BCUT2D eigenvalue weighted by Crippen LogP contribution is -2.04. The molecule has 0 radical (unpaired) electrons. The number of carbonyl (C=O) groups is 1. The third kappa shape index (κ3) is 3.61. The first kappa shape index (κ1) is 14.8. The molecule has 0 amide bonds. The van der Waals surface area contributed by atoms with Crippen LogP contribution in [0.5, 0.6) is 11.5 Å². The smallest absolute Gasteiger partial charge is 0.303 e. The SMILES string of the molecule is COc1cc(Br)c([C@H](O)CCC(=O)O)cc1OC. The normalized spacial score (nSPS) is 12.0. The molecule has 0 saturated heterocycles. The van der Waals surface area contributed by atoms with E-state index in [-0.39, 0.29) is 12.8 Å². The molecule has 100 valence electrons. The summed E-state index contributed by atoms with van der Waals surface area (Å²) in [5.74, 6) is 0.0919. The van der Waals surface area contributed by atoms with Gasteiger partial charge in [-0.05, 0) is 24.1 Å². The van der Waals surface area contributed by atoms with Crippen molar-refractivity contribution < 1.29 is 24.5 Å². The van der Waals surface area contributed by atoms with Crippen LogP contribution in [0.25, 0.3) is 0 Å². The summed E-state index contributed by atoms with van der Waals surface area (Å²) in [6.45, 7) is 0. The molecule has 6 heteroatoms. The van der Waals surface area contributed by atoms with Gasteiger partial charge in [-0.2, -0.15) is 0 Å². The number of aliphatic carboxylic acids is 1. The molecule has 0 heterocycles. The quantitative estimate of drug-likeness (QED) is 0.842. The van der Waals surface area contributed by atoms with Gasteiger partial charge in [0.2, 0.25) is 0 Å². The number of benzene rings is 1. The second kappa shape index (κ2) is 6.61. The Balaban J connectivity index is 2.97. The highest BCUT2D eigenvalue weighted by molar-refractivity contribution is 9.10. The molecule has 0 spiro atoms. The van der Waals surface area contributed by atoms with Gasteiger partial charge < -0.3 is 19.7 Å². The summed E-state index contributed by atoms with van der Waals surface area (Å²) in [5, 5.41) is 18.5. The average Bonchev–Trinajstić information content (AvgIpc) is 2.35. The van der Waals surface area contributed by atoms with Crippen LogP contribution < -0.4 is 9.47 Å². The van der Waals surface area contributed by atoms with Gasteiger partial charge >= 0.3 is 5.97 Å². The van der Waals surface area contributed by atoms with Crippen molar-refractivity contribution in [2.75, 3.05) is 14.2 Å². The van der Waals surface area contributed by atoms with Crippen molar-refractivity contribution in [3.8, 4) is 11.5 Å². The first-order valence-corrected chi connectivity index (χ1v) is 6.10. The van der Waals surface area contributed by atoms with Crippen LogP contribution in [0.2, 0.25) is 0 Å². The first-order valence-electron chi connectivity index (χ1n) is 5.30. The number of carboxylic acid groups (broad SMARTS) is 1. The van der Waals surface area contributed by atoms with Crippen LogP contribution in [-0.2, 0) is 4.79 Å². The van der Waals surface area contributed by atoms with Gasteiger partial charge in [0.25, 0.3) is 0 Å². The van der Waals surface area contributed by atoms with E-state index in [0.717, 1.165) is 0 Å². The number of rotatable bonds is 6. The minimum Gasteiger partial charge on any atom is -0.493 e. The molecule has 2 N–H and O–H groups in total. The Morgan fingerprint density at radius 3 is 2.39 bits per heavy atom. The lowest BCUT2D eigenvalue weighted by atomic mass is 10.0. The highest BCUT2D eigenvalue weighted by Gasteiger charge is 2.17. The molecule has 0 fully saturated rings. The lowest BCUT2D eigenvalue weighted by molar-refractivity contribution is -0.137. The van der Waals surface area contributed by atoms with Gasteiger partial charge in [-0.1, -0.05) is 15.9 Å². The topological polar surface area (TPSA) is 76.0 Å². The number of methoxy groups -OCH3 is 2. The zero-order valence-corrected chi connectivity index (χ0v) is 11.7. The van der Waals surface area contributed by atoms with Crippen LogP contribution in [0.15, 0.2) is 16.6 Å². The fourth-order valence-corrected chi connectivity index (χ4v) is 2.13. The van der Waals surface area contributed by atoms with Crippen LogP contribution in [-0.4, -0.2) is 30.4 Å². The molecule has 0 saturated carbocycles. The maximum atomic E-state index is 10.5. The van der Waals surface area contributed by atoms with Gasteiger partial charge in [-0.25, -0.2) is 0 Å². The molecule has 1 aromatic carbocycles. The fraction of sp³-hybridized carbons (Fsp3) is 0.417. The average molecular weight is 319 g/mol. The van der Waals surface area contributed by atoms with Gasteiger partial charge in [0.05, 0.1) is 20.3 Å². The lowest BCUT2D eigenvalue weighted by Gasteiger charge is -2.15. The molecule has 0 aliphatic rings.